The van der Waals surface area contributed by atoms with Crippen LogP contribution in [0.15, 0.2) is 42.5 Å². The maximum atomic E-state index is 14.8. The van der Waals surface area contributed by atoms with Crippen LogP contribution in [0.1, 0.15) is 56.1 Å². The molecular formula is C26H36FN3O2. The topological polar surface area (TPSA) is 44.8 Å². The van der Waals surface area contributed by atoms with Gasteiger partial charge in [-0.2, -0.15) is 0 Å². The van der Waals surface area contributed by atoms with Gasteiger partial charge in [0.15, 0.2) is 0 Å². The second kappa shape index (κ2) is 10.9. The Bertz CT molecular complexity index is 890. The molecule has 2 aromatic rings. The smallest absolute Gasteiger partial charge is 0.251 e. The molecule has 32 heavy (non-hydrogen) atoms. The molecule has 1 heterocycles. The van der Waals surface area contributed by atoms with Gasteiger partial charge in [0.25, 0.3) is 5.91 Å². The summed E-state index contributed by atoms with van der Waals surface area (Å²) in [7, 11) is 0. The first-order chi connectivity index (χ1) is 15.3. The van der Waals surface area contributed by atoms with E-state index in [1.54, 1.807) is 6.07 Å². The van der Waals surface area contributed by atoms with Crippen molar-refractivity contribution in [1.82, 2.24) is 10.2 Å². The van der Waals surface area contributed by atoms with Gasteiger partial charge in [0.1, 0.15) is 5.82 Å². The molecule has 0 radical (unpaired) electrons. The van der Waals surface area contributed by atoms with Crippen molar-refractivity contribution in [2.24, 2.45) is 0 Å². The number of hydrogen-bond acceptors (Lipinski definition) is 4. The molecule has 1 saturated heterocycles. The molecule has 3 rings (SSSR count). The first-order valence-electron chi connectivity index (χ1n) is 11.6. The molecule has 5 nitrogen and oxygen atoms in total. The van der Waals surface area contributed by atoms with Crippen molar-refractivity contribution >= 4 is 11.6 Å². The minimum atomic E-state index is -0.270. The molecule has 1 fully saturated rings. The lowest BCUT2D eigenvalue weighted by Gasteiger charge is -2.37. The third-order valence-corrected chi connectivity index (χ3v) is 5.96. The lowest BCUT2D eigenvalue weighted by atomic mass is 10.1. The van der Waals surface area contributed by atoms with Gasteiger partial charge in [-0.15, -0.1) is 0 Å². The van der Waals surface area contributed by atoms with Crippen LogP contribution in [0.4, 0.5) is 10.1 Å². The molecule has 2 aromatic carbocycles. The molecule has 1 amide bonds. The number of hydrogen-bond donors (Lipinski definition) is 1. The molecule has 1 N–H and O–H groups in total. The van der Waals surface area contributed by atoms with Gasteiger partial charge in [-0.25, -0.2) is 4.39 Å². The summed E-state index contributed by atoms with van der Waals surface area (Å²) < 4.78 is 20.5. The second-order valence-electron chi connectivity index (χ2n) is 8.98. The minimum Gasteiger partial charge on any atom is -0.372 e. The predicted molar refractivity (Wildman–Crippen MR) is 127 cm³/mol. The van der Waals surface area contributed by atoms with E-state index < -0.39 is 0 Å². The molecule has 0 bridgehead atoms. The fourth-order valence-electron chi connectivity index (χ4n) is 4.23. The molecule has 0 spiro atoms. The van der Waals surface area contributed by atoms with Crippen LogP contribution >= 0.6 is 0 Å². The van der Waals surface area contributed by atoms with Crippen LogP contribution in [0.25, 0.3) is 0 Å². The molecule has 6 heteroatoms. The Labute approximate surface area is 191 Å². The average molecular weight is 442 g/mol. The van der Waals surface area contributed by atoms with E-state index in [2.05, 4.69) is 31.0 Å². The van der Waals surface area contributed by atoms with Gasteiger partial charge in [-0.1, -0.05) is 25.1 Å². The number of carbonyl (C=O) groups is 1. The fraction of sp³-hybridized carbons (Fsp3) is 0.500. The zero-order chi connectivity index (χ0) is 23.3. The number of nitrogens with one attached hydrogen (secondary N) is 1. The summed E-state index contributed by atoms with van der Waals surface area (Å²) in [6.45, 7) is 14.0. The van der Waals surface area contributed by atoms with Crippen LogP contribution in [-0.4, -0.2) is 48.7 Å². The first kappa shape index (κ1) is 24.2. The Morgan fingerprint density at radius 1 is 1.12 bits per heavy atom. The fourth-order valence-corrected chi connectivity index (χ4v) is 4.23. The number of morpholine rings is 1. The summed E-state index contributed by atoms with van der Waals surface area (Å²) in [6.07, 6.45) is 0.137. The zero-order valence-electron chi connectivity index (χ0n) is 19.9. The van der Waals surface area contributed by atoms with Crippen molar-refractivity contribution < 1.29 is 13.9 Å². The van der Waals surface area contributed by atoms with E-state index in [4.69, 9.17) is 4.74 Å². The lowest BCUT2D eigenvalue weighted by Crippen LogP contribution is -2.45. The number of ether oxygens (including phenoxy) is 1. The van der Waals surface area contributed by atoms with Crippen molar-refractivity contribution in [2.75, 3.05) is 24.5 Å². The van der Waals surface area contributed by atoms with Crippen molar-refractivity contribution in [3.8, 4) is 0 Å². The molecule has 174 valence electrons. The molecule has 0 aliphatic carbocycles. The standard InChI is InChI=1S/C26H36FN3O2/c1-6-29(18(2)3)17-21-7-10-23(11-8-21)26(31)28-14-22-9-12-25(24(27)13-22)30-15-19(4)32-20(5)16-30/h7-13,18-20H,6,14-17H2,1-5H3,(H,28,31). The maximum absolute atomic E-state index is 14.8. The van der Waals surface area contributed by atoms with Crippen molar-refractivity contribution in [2.45, 2.75) is 66.0 Å². The maximum Gasteiger partial charge on any atom is 0.251 e. The molecule has 1 aliphatic rings. The number of carbonyl (C=O) groups excluding carboxylic acids is 1. The van der Waals surface area contributed by atoms with E-state index >= 15 is 0 Å². The van der Waals surface area contributed by atoms with E-state index in [1.807, 2.05) is 49.1 Å². The Hall–Kier alpha value is -2.44. The Morgan fingerprint density at radius 2 is 1.75 bits per heavy atom. The first-order valence-corrected chi connectivity index (χ1v) is 11.6. The third kappa shape index (κ3) is 6.30. The molecular weight excluding hydrogens is 405 g/mol. The van der Waals surface area contributed by atoms with Crippen molar-refractivity contribution in [1.29, 1.82) is 0 Å². The summed E-state index contributed by atoms with van der Waals surface area (Å²) >= 11 is 0. The van der Waals surface area contributed by atoms with Gasteiger partial charge in [0.05, 0.1) is 17.9 Å². The summed E-state index contributed by atoms with van der Waals surface area (Å²) in [5.41, 5.74) is 3.11. The van der Waals surface area contributed by atoms with Gasteiger partial charge in [-0.05, 0) is 69.6 Å². The number of amides is 1. The van der Waals surface area contributed by atoms with Crippen molar-refractivity contribution in [3.05, 3.63) is 65.0 Å². The molecule has 0 saturated carbocycles. The van der Waals surface area contributed by atoms with Gasteiger partial charge in [0.2, 0.25) is 0 Å². The highest BCUT2D eigenvalue weighted by Crippen LogP contribution is 2.24. The Morgan fingerprint density at radius 3 is 2.31 bits per heavy atom. The van der Waals surface area contributed by atoms with Crippen LogP contribution in [0, 0.1) is 5.82 Å². The normalized spacial score (nSPS) is 18.9. The SMILES string of the molecule is CCN(Cc1ccc(C(=O)NCc2ccc(N3CC(C)OC(C)C3)c(F)c2)cc1)C(C)C. The monoisotopic (exact) mass is 441 g/mol. The largest absolute Gasteiger partial charge is 0.372 e. The summed E-state index contributed by atoms with van der Waals surface area (Å²) in [5, 5.41) is 2.90. The quantitative estimate of drug-likeness (QED) is 0.650. The highest BCUT2D eigenvalue weighted by molar-refractivity contribution is 5.94. The number of anilines is 1. The lowest BCUT2D eigenvalue weighted by molar-refractivity contribution is -0.00539. The van der Waals surface area contributed by atoms with Crippen LogP contribution in [0.5, 0.6) is 0 Å². The Balaban J connectivity index is 1.57. The van der Waals surface area contributed by atoms with E-state index in [0.29, 0.717) is 30.4 Å². The van der Waals surface area contributed by atoms with E-state index in [9.17, 15) is 9.18 Å². The second-order valence-corrected chi connectivity index (χ2v) is 8.98. The summed E-state index contributed by atoms with van der Waals surface area (Å²) in [5.74, 6) is -0.430. The zero-order valence-corrected chi connectivity index (χ0v) is 19.9. The van der Waals surface area contributed by atoms with Crippen molar-refractivity contribution in [3.63, 3.8) is 0 Å². The van der Waals surface area contributed by atoms with Crippen LogP contribution < -0.4 is 10.2 Å². The summed E-state index contributed by atoms with van der Waals surface area (Å²) in [6, 6.07) is 13.4. The van der Waals surface area contributed by atoms with E-state index in [0.717, 1.165) is 18.7 Å². The molecule has 2 atom stereocenters. The summed E-state index contributed by atoms with van der Waals surface area (Å²) in [4.78, 5) is 16.9. The molecule has 0 aromatic heterocycles. The van der Waals surface area contributed by atoms with Gasteiger partial charge < -0.3 is 15.0 Å². The average Bonchev–Trinajstić information content (AvgIpc) is 2.75. The molecule has 1 aliphatic heterocycles. The predicted octanol–water partition coefficient (Wildman–Crippen LogP) is 4.60. The Kier molecular flexibility index (Phi) is 8.26. The minimum absolute atomic E-state index is 0.0684. The number of benzene rings is 2. The van der Waals surface area contributed by atoms with Gasteiger partial charge >= 0.3 is 0 Å². The number of halogens is 1. The highest BCUT2D eigenvalue weighted by atomic mass is 19.1. The van der Waals surface area contributed by atoms with Crippen LogP contribution in [0.2, 0.25) is 0 Å². The highest BCUT2D eigenvalue weighted by Gasteiger charge is 2.24. The number of rotatable bonds is 8. The third-order valence-electron chi connectivity index (χ3n) is 5.96. The molecule has 2 unspecified atom stereocenters. The van der Waals surface area contributed by atoms with Gasteiger partial charge in [-0.3, -0.25) is 9.69 Å². The van der Waals surface area contributed by atoms with Crippen LogP contribution in [-0.2, 0) is 17.8 Å². The van der Waals surface area contributed by atoms with E-state index in [1.165, 1.54) is 11.6 Å². The van der Waals surface area contributed by atoms with Crippen LogP contribution in [0.3, 0.4) is 0 Å². The van der Waals surface area contributed by atoms with Gasteiger partial charge in [0, 0.05) is 37.8 Å². The number of nitrogens with zero attached hydrogens (tertiary/aromatic N) is 2. The van der Waals surface area contributed by atoms with E-state index in [-0.39, 0.29) is 30.5 Å².